The van der Waals surface area contributed by atoms with E-state index in [-0.39, 0.29) is 97.0 Å². The van der Waals surface area contributed by atoms with Gasteiger partial charge in [-0.05, 0) is 38.6 Å². The number of rotatable bonds is 22. The Morgan fingerprint density at radius 2 is 0.768 bits per heavy atom. The van der Waals surface area contributed by atoms with Crippen LogP contribution in [0.25, 0.3) is 31.9 Å². The van der Waals surface area contributed by atoms with Crippen LogP contribution in [0.2, 0.25) is 0 Å². The second-order valence-electron chi connectivity index (χ2n) is 12.1. The Kier molecular flexibility index (Phi) is 32.4. The molecule has 13 N–H and O–H groups in total. The van der Waals surface area contributed by atoms with Gasteiger partial charge in [0.1, 0.15) is 0 Å². The zero-order valence-electron chi connectivity index (χ0n) is 30.0. The normalized spacial score (nSPS) is 30.7. The maximum Gasteiger partial charge on any atom is 0.285 e. The summed E-state index contributed by atoms with van der Waals surface area (Å²) < 4.78 is 0. The number of carboxylic acids is 5. The van der Waals surface area contributed by atoms with Gasteiger partial charge in [0.2, 0.25) is 0 Å². The molecule has 2 saturated carbocycles. The van der Waals surface area contributed by atoms with Gasteiger partial charge in [0.25, 0.3) is 29.8 Å². The first-order valence-corrected chi connectivity index (χ1v) is 16.3. The Labute approximate surface area is 377 Å². The molecule has 0 aliphatic heterocycles. The van der Waals surface area contributed by atoms with E-state index in [0.29, 0.717) is 6.42 Å². The van der Waals surface area contributed by atoms with Crippen LogP contribution in [0.15, 0.2) is 0 Å². The third-order valence-corrected chi connectivity index (χ3v) is 8.20. The first-order valence-electron chi connectivity index (χ1n) is 16.3. The summed E-state index contributed by atoms with van der Waals surface area (Å²) in [4.78, 5) is 54.2. The molecule has 0 bridgehead atoms. The van der Waals surface area contributed by atoms with Crippen LogP contribution in [-0.2, 0) is 102 Å². The maximum atomic E-state index is 11.3. The van der Waals surface area contributed by atoms with Gasteiger partial charge in [-0.3, -0.25) is 24.0 Å². The van der Waals surface area contributed by atoms with Gasteiger partial charge in [-0.2, -0.15) is 0 Å². The second kappa shape index (κ2) is 30.4. The molecule has 27 heteroatoms. The van der Waals surface area contributed by atoms with E-state index in [1.807, 2.05) is 0 Å². The van der Waals surface area contributed by atoms with E-state index in [2.05, 4.69) is 31.9 Å². The van der Waals surface area contributed by atoms with Crippen LogP contribution >= 0.6 is 0 Å². The number of hydrogen-bond acceptors (Lipinski definition) is 13. The minimum absolute atomic E-state index is 0. The molecule has 2 aliphatic carbocycles. The first kappa shape index (κ1) is 59.7. The van der Waals surface area contributed by atoms with Crippen LogP contribution in [0.4, 0.5) is 0 Å². The number of hydrogen-bond donors (Lipinski definition) is 13. The van der Waals surface area contributed by atoms with Gasteiger partial charge in [0, 0.05) is 127 Å². The van der Waals surface area contributed by atoms with E-state index in [0.717, 1.165) is 0 Å². The molecule has 0 amide bonds. The smallest absolute Gasteiger partial charge is 0.285 e. The summed E-state index contributed by atoms with van der Waals surface area (Å²) in [5.41, 5.74) is 0. The summed E-state index contributed by atoms with van der Waals surface area (Å²) in [5, 5.41) is 147. The molecular weight excluding hydrogens is 1260 g/mol. The van der Waals surface area contributed by atoms with Crippen molar-refractivity contribution in [1.29, 1.82) is 0 Å². The Bertz CT molecular complexity index is 1130. The van der Waals surface area contributed by atoms with E-state index in [1.54, 1.807) is 6.92 Å². The zero-order chi connectivity index (χ0) is 40.6. The third-order valence-electron chi connectivity index (χ3n) is 8.20. The molecule has 320 valence electrons. The predicted octanol–water partition coefficient (Wildman–Crippen LogP) is -4.05. The molecule has 56 heavy (non-hydrogen) atoms. The molecule has 24 nitrogen and oxygen atoms in total. The molecule has 0 spiro atoms. The number of aliphatic carboxylic acids is 5. The van der Waals surface area contributed by atoms with Crippen LogP contribution in [0.1, 0.15) is 26.2 Å². The van der Waals surface area contributed by atoms with E-state index in [1.165, 1.54) is 0 Å². The maximum absolute atomic E-state index is 11.3. The Hall–Kier alpha value is -0.600. The van der Waals surface area contributed by atoms with Gasteiger partial charge in [-0.1, -0.05) is 56.0 Å². The van der Waals surface area contributed by atoms with E-state index < -0.39 is 148 Å². The van der Waals surface area contributed by atoms with Crippen LogP contribution in [0.5, 0.6) is 0 Å². The SMILES string of the molecule is CCCC([N-]C1C(O)C([N-]CC(=O)O)C(O)C([N-]CC(=O)O)C1O)C(=O)O.O=C(O)C[N-]C1C(O)C([N-]CC(=O)O)C(O)C([N-]C(CO)CCO)C1O.[Hf].[Hf].[Hf]. The van der Waals surface area contributed by atoms with E-state index in [9.17, 15) is 64.8 Å². The fourth-order valence-electron chi connectivity index (χ4n) is 5.72. The van der Waals surface area contributed by atoms with Crippen molar-refractivity contribution in [3.8, 4) is 0 Å². The Balaban J connectivity index is -0.000000953. The second-order valence-corrected chi connectivity index (χ2v) is 12.1. The average molecular weight is 1300 g/mol. The molecule has 10 unspecified atom stereocenters. The van der Waals surface area contributed by atoms with Crippen LogP contribution in [-0.4, -0.2) is 221 Å². The molecule has 0 aromatic carbocycles. The third kappa shape index (κ3) is 19.2. The minimum atomic E-state index is -1.66. The number of nitrogens with zero attached hydrogens (tertiary/aromatic N) is 6. The van der Waals surface area contributed by atoms with Crippen LogP contribution in [0, 0.1) is 0 Å². The van der Waals surface area contributed by atoms with Gasteiger partial charge in [0.05, 0.1) is 0 Å². The van der Waals surface area contributed by atoms with Gasteiger partial charge >= 0.3 is 0 Å². The monoisotopic (exact) mass is 1310 g/mol. The summed E-state index contributed by atoms with van der Waals surface area (Å²) >= 11 is 0. The summed E-state index contributed by atoms with van der Waals surface area (Å²) in [6.45, 7) is -2.04. The number of carbonyl (C=O) groups is 5. The minimum Gasteiger partial charge on any atom is -0.651 e. The summed E-state index contributed by atoms with van der Waals surface area (Å²) in [5.74, 6) is -6.56. The molecule has 0 aromatic rings. The molecule has 0 heterocycles. The fraction of sp³-hybridized carbons (Fsp3) is 0.828. The van der Waals surface area contributed by atoms with Gasteiger partial charge in [-0.25, -0.2) is 0 Å². The number of carboxylic acid groups (broad SMARTS) is 5. The Morgan fingerprint density at radius 1 is 0.482 bits per heavy atom. The van der Waals surface area contributed by atoms with Crippen LogP contribution < -0.4 is 0 Å². The van der Waals surface area contributed by atoms with Gasteiger partial charge in [0.15, 0.2) is 0 Å². The molecule has 0 saturated heterocycles. The van der Waals surface area contributed by atoms with Crippen molar-refractivity contribution in [3.63, 3.8) is 0 Å². The molecule has 10 atom stereocenters. The van der Waals surface area contributed by atoms with E-state index in [4.69, 9.17) is 25.5 Å². The van der Waals surface area contributed by atoms with Crippen LogP contribution in [0.3, 0.4) is 0 Å². The molecule has 2 fully saturated rings. The molecule has 0 aromatic heterocycles. The van der Waals surface area contributed by atoms with Crippen molar-refractivity contribution < 1.29 is 168 Å². The molecular formula is C29H48Hf3N6O18-6. The summed E-state index contributed by atoms with van der Waals surface area (Å²) in [6, 6.07) is -10.4. The van der Waals surface area contributed by atoms with Crippen molar-refractivity contribution in [2.75, 3.05) is 39.4 Å². The fourth-order valence-corrected chi connectivity index (χ4v) is 5.72. The standard InChI is InChI=1S/C15H24N3O9.C14H24N3O9.3Hf/c1-2-3-6(15(26)27)18-11-13(24)9(16-4-7(19)20)12(23)10(14(11)25)17-5-8(21)22;18-2-1-6(5-19)17-11-13(25)9(15-3-7(20)21)12(24)10(14(11)26)16-4-8(22)23;;;/h6,9-14,23-25H,2-5H2,1H3,(H,19,20)(H,21,22)(H,26,27);6,9-14,18-19,24-26H,1-5H2,(H,20,21)(H,22,23);;;/q2*-3;;;. The quantitative estimate of drug-likeness (QED) is 0.0459. The Morgan fingerprint density at radius 3 is 1.00 bits per heavy atom. The van der Waals surface area contributed by atoms with Gasteiger partial charge < -0.3 is 98.3 Å². The van der Waals surface area contributed by atoms with Crippen molar-refractivity contribution >= 4 is 29.8 Å². The summed E-state index contributed by atoms with van der Waals surface area (Å²) in [6.07, 6.45) is -9.13. The molecule has 0 radical (unpaired) electrons. The first-order chi connectivity index (χ1) is 24.8. The number of aliphatic hydroxyl groups is 8. The van der Waals surface area contributed by atoms with Crippen molar-refractivity contribution in [2.24, 2.45) is 0 Å². The van der Waals surface area contributed by atoms with Gasteiger partial charge in [-0.15, -0.1) is 6.04 Å². The molecule has 2 aliphatic rings. The number of aliphatic hydroxyl groups excluding tert-OH is 8. The van der Waals surface area contributed by atoms with Crippen molar-refractivity contribution in [3.05, 3.63) is 31.9 Å². The predicted molar refractivity (Wildman–Crippen MR) is 178 cm³/mol. The largest absolute Gasteiger partial charge is 0.651 e. The topological polar surface area (TPSA) is 433 Å². The zero-order valence-corrected chi connectivity index (χ0v) is 40.8. The average Bonchev–Trinajstić information content (AvgIpc) is 3.06. The summed E-state index contributed by atoms with van der Waals surface area (Å²) in [7, 11) is 0. The van der Waals surface area contributed by atoms with Crippen molar-refractivity contribution in [1.82, 2.24) is 0 Å². The van der Waals surface area contributed by atoms with E-state index >= 15 is 0 Å². The molecule has 2 rings (SSSR count). The van der Waals surface area contributed by atoms with Crippen molar-refractivity contribution in [2.45, 2.75) is 111 Å².